The number of carbonyl (C=O) groups is 3. The Labute approximate surface area is 165 Å². The van der Waals surface area contributed by atoms with Gasteiger partial charge in [-0.3, -0.25) is 9.59 Å². The molecule has 28 heavy (non-hydrogen) atoms. The molecule has 0 radical (unpaired) electrons. The van der Waals surface area contributed by atoms with E-state index in [0.29, 0.717) is 43.8 Å². The standard InChI is InChI=1S/C20H26N4O4/c1-3-28-20(27)23-10-7-17(8-11-23)22-19(26)9-12-24(15(2)25)18-6-4-5-16(13-18)14-21/h4-6,13,17H,3,7-12H2,1-2H3,(H,22,26). The maximum atomic E-state index is 12.3. The summed E-state index contributed by atoms with van der Waals surface area (Å²) in [5.74, 6) is -0.331. The second kappa shape index (κ2) is 10.3. The lowest BCUT2D eigenvalue weighted by atomic mass is 10.1. The van der Waals surface area contributed by atoms with Crippen LogP contribution in [0.3, 0.4) is 0 Å². The maximum absolute atomic E-state index is 12.3. The van der Waals surface area contributed by atoms with E-state index < -0.39 is 0 Å². The van der Waals surface area contributed by atoms with Crippen LogP contribution in [0.2, 0.25) is 0 Å². The molecule has 0 bridgehead atoms. The van der Waals surface area contributed by atoms with Crippen molar-refractivity contribution in [1.29, 1.82) is 5.26 Å². The number of amides is 3. The van der Waals surface area contributed by atoms with Gasteiger partial charge >= 0.3 is 6.09 Å². The minimum atomic E-state index is -0.316. The van der Waals surface area contributed by atoms with Gasteiger partial charge in [-0.25, -0.2) is 4.79 Å². The molecule has 150 valence electrons. The molecule has 1 aliphatic heterocycles. The van der Waals surface area contributed by atoms with E-state index in [1.54, 1.807) is 36.1 Å². The smallest absolute Gasteiger partial charge is 0.409 e. The van der Waals surface area contributed by atoms with Crippen molar-refractivity contribution in [2.75, 3.05) is 31.1 Å². The third-order valence-electron chi connectivity index (χ3n) is 4.62. The number of benzene rings is 1. The number of nitriles is 1. The van der Waals surface area contributed by atoms with Crippen LogP contribution >= 0.6 is 0 Å². The van der Waals surface area contributed by atoms with Gasteiger partial charge in [-0.1, -0.05) is 6.07 Å². The lowest BCUT2D eigenvalue weighted by Crippen LogP contribution is -2.47. The van der Waals surface area contributed by atoms with E-state index in [1.807, 2.05) is 6.07 Å². The zero-order valence-electron chi connectivity index (χ0n) is 16.3. The molecule has 1 saturated heterocycles. The van der Waals surface area contributed by atoms with Gasteiger partial charge in [0.25, 0.3) is 0 Å². The third kappa shape index (κ3) is 5.98. The van der Waals surface area contributed by atoms with Crippen LogP contribution in [0, 0.1) is 11.3 Å². The second-order valence-corrected chi connectivity index (χ2v) is 6.61. The number of piperidine rings is 1. The molecule has 2 rings (SSSR count). The van der Waals surface area contributed by atoms with Crippen molar-refractivity contribution in [1.82, 2.24) is 10.2 Å². The average Bonchev–Trinajstić information content (AvgIpc) is 2.68. The lowest BCUT2D eigenvalue weighted by molar-refractivity contribution is -0.122. The minimum Gasteiger partial charge on any atom is -0.450 e. The number of carbonyl (C=O) groups excluding carboxylic acids is 3. The van der Waals surface area contributed by atoms with Crippen molar-refractivity contribution in [3.05, 3.63) is 29.8 Å². The summed E-state index contributed by atoms with van der Waals surface area (Å²) in [6.45, 7) is 4.87. The number of hydrogen-bond donors (Lipinski definition) is 1. The molecule has 0 unspecified atom stereocenters. The molecule has 8 heteroatoms. The number of anilines is 1. The van der Waals surface area contributed by atoms with Crippen LogP contribution in [0.4, 0.5) is 10.5 Å². The molecule has 1 fully saturated rings. The summed E-state index contributed by atoms with van der Waals surface area (Å²) >= 11 is 0. The summed E-state index contributed by atoms with van der Waals surface area (Å²) in [5.41, 5.74) is 1.06. The van der Waals surface area contributed by atoms with E-state index in [2.05, 4.69) is 5.32 Å². The molecule has 0 saturated carbocycles. The maximum Gasteiger partial charge on any atom is 0.409 e. The Kier molecular flexibility index (Phi) is 7.81. The van der Waals surface area contributed by atoms with E-state index in [-0.39, 0.29) is 36.9 Å². The Morgan fingerprint density at radius 1 is 1.32 bits per heavy atom. The van der Waals surface area contributed by atoms with Crippen molar-refractivity contribution in [3.63, 3.8) is 0 Å². The zero-order chi connectivity index (χ0) is 20.5. The molecular weight excluding hydrogens is 360 g/mol. The Hall–Kier alpha value is -3.08. The van der Waals surface area contributed by atoms with Crippen molar-refractivity contribution < 1.29 is 19.1 Å². The number of rotatable bonds is 6. The summed E-state index contributed by atoms with van der Waals surface area (Å²) < 4.78 is 4.99. The van der Waals surface area contributed by atoms with E-state index in [1.165, 1.54) is 11.8 Å². The zero-order valence-corrected chi connectivity index (χ0v) is 16.3. The highest BCUT2D eigenvalue weighted by molar-refractivity contribution is 5.92. The predicted octanol–water partition coefficient (Wildman–Crippen LogP) is 2.04. The van der Waals surface area contributed by atoms with Crippen molar-refractivity contribution in [2.24, 2.45) is 0 Å². The summed E-state index contributed by atoms with van der Waals surface area (Å²) in [4.78, 5) is 39.1. The number of ether oxygens (including phenoxy) is 1. The van der Waals surface area contributed by atoms with Gasteiger partial charge in [-0.15, -0.1) is 0 Å². The Bertz CT molecular complexity index is 751. The van der Waals surface area contributed by atoms with E-state index in [0.717, 1.165) is 0 Å². The van der Waals surface area contributed by atoms with Gasteiger partial charge in [0.15, 0.2) is 0 Å². The van der Waals surface area contributed by atoms with Crippen LogP contribution in [0.5, 0.6) is 0 Å². The fourth-order valence-electron chi connectivity index (χ4n) is 3.15. The summed E-state index contributed by atoms with van der Waals surface area (Å²) in [7, 11) is 0. The minimum absolute atomic E-state index is 0.00544. The molecule has 0 atom stereocenters. The van der Waals surface area contributed by atoms with Crippen LogP contribution in [-0.2, 0) is 14.3 Å². The third-order valence-corrected chi connectivity index (χ3v) is 4.62. The molecule has 0 aromatic heterocycles. The fraction of sp³-hybridized carbons (Fsp3) is 0.500. The monoisotopic (exact) mass is 386 g/mol. The lowest BCUT2D eigenvalue weighted by Gasteiger charge is -2.31. The molecule has 8 nitrogen and oxygen atoms in total. The first-order valence-electron chi connectivity index (χ1n) is 9.44. The molecule has 1 heterocycles. The second-order valence-electron chi connectivity index (χ2n) is 6.61. The first kappa shape index (κ1) is 21.2. The SMILES string of the molecule is CCOC(=O)N1CCC(NC(=O)CCN(C(C)=O)c2cccc(C#N)c2)CC1. The molecule has 1 aliphatic rings. The number of nitrogens with one attached hydrogen (secondary N) is 1. The van der Waals surface area contributed by atoms with E-state index >= 15 is 0 Å². The first-order valence-corrected chi connectivity index (χ1v) is 9.44. The van der Waals surface area contributed by atoms with Gasteiger partial charge in [-0.2, -0.15) is 5.26 Å². The van der Waals surface area contributed by atoms with Gasteiger partial charge in [0.2, 0.25) is 11.8 Å². The number of likely N-dealkylation sites (tertiary alicyclic amines) is 1. The average molecular weight is 386 g/mol. The highest BCUT2D eigenvalue weighted by atomic mass is 16.6. The van der Waals surface area contributed by atoms with E-state index in [4.69, 9.17) is 10.00 Å². The summed E-state index contributed by atoms with van der Waals surface area (Å²) in [6.07, 6.45) is 1.19. The highest BCUT2D eigenvalue weighted by Gasteiger charge is 2.24. The Balaban J connectivity index is 1.83. The summed E-state index contributed by atoms with van der Waals surface area (Å²) in [6, 6.07) is 8.79. The van der Waals surface area contributed by atoms with Gasteiger partial charge in [-0.05, 0) is 38.0 Å². The van der Waals surface area contributed by atoms with Crippen molar-refractivity contribution >= 4 is 23.6 Å². The molecule has 0 spiro atoms. The molecule has 1 aromatic carbocycles. The molecule has 1 N–H and O–H groups in total. The van der Waals surface area contributed by atoms with Crippen LogP contribution < -0.4 is 10.2 Å². The topological polar surface area (TPSA) is 103 Å². The molecule has 0 aliphatic carbocycles. The fourth-order valence-corrected chi connectivity index (χ4v) is 3.15. The number of hydrogen-bond acceptors (Lipinski definition) is 5. The van der Waals surface area contributed by atoms with Crippen molar-refractivity contribution in [3.8, 4) is 6.07 Å². The van der Waals surface area contributed by atoms with Crippen LogP contribution in [0.1, 0.15) is 38.7 Å². The summed E-state index contributed by atoms with van der Waals surface area (Å²) in [5, 5.41) is 12.0. The quantitative estimate of drug-likeness (QED) is 0.806. The van der Waals surface area contributed by atoms with Gasteiger partial charge < -0.3 is 19.9 Å². The van der Waals surface area contributed by atoms with Gasteiger partial charge in [0.05, 0.1) is 18.2 Å². The van der Waals surface area contributed by atoms with Gasteiger partial charge in [0, 0.05) is 44.7 Å². The first-order chi connectivity index (χ1) is 13.4. The van der Waals surface area contributed by atoms with Crippen molar-refractivity contribution in [2.45, 2.75) is 39.2 Å². The van der Waals surface area contributed by atoms with E-state index in [9.17, 15) is 14.4 Å². The normalized spacial score (nSPS) is 14.1. The van der Waals surface area contributed by atoms with Crippen LogP contribution in [-0.4, -0.2) is 55.1 Å². The molecular formula is C20H26N4O4. The predicted molar refractivity (Wildman–Crippen MR) is 104 cm³/mol. The Morgan fingerprint density at radius 3 is 2.64 bits per heavy atom. The van der Waals surface area contributed by atoms with Gasteiger partial charge in [0.1, 0.15) is 0 Å². The number of nitrogens with zero attached hydrogens (tertiary/aromatic N) is 3. The highest BCUT2D eigenvalue weighted by Crippen LogP contribution is 2.17. The van der Waals surface area contributed by atoms with Crippen LogP contribution in [0.15, 0.2) is 24.3 Å². The molecule has 3 amide bonds. The molecule has 1 aromatic rings. The van der Waals surface area contributed by atoms with Crippen LogP contribution in [0.25, 0.3) is 0 Å². The largest absolute Gasteiger partial charge is 0.450 e. The Morgan fingerprint density at radius 2 is 2.04 bits per heavy atom.